The van der Waals surface area contributed by atoms with Gasteiger partial charge in [-0.1, -0.05) is 19.9 Å². The highest BCUT2D eigenvalue weighted by Gasteiger charge is 2.31. The van der Waals surface area contributed by atoms with E-state index >= 15 is 0 Å². The van der Waals surface area contributed by atoms with E-state index in [9.17, 15) is 8.78 Å². The summed E-state index contributed by atoms with van der Waals surface area (Å²) in [5.41, 5.74) is 1.48. The van der Waals surface area contributed by atoms with Crippen LogP contribution in [0.4, 0.5) is 8.78 Å². The van der Waals surface area contributed by atoms with Gasteiger partial charge in [-0.3, -0.25) is 0 Å². The van der Waals surface area contributed by atoms with Gasteiger partial charge >= 0.3 is 0 Å². The number of hydrogen-bond donors (Lipinski definition) is 1. The molecule has 1 N–H and O–H groups in total. The number of nitrogens with one attached hydrogen (secondary N) is 1. The summed E-state index contributed by atoms with van der Waals surface area (Å²) in [6.07, 6.45) is 2.07. The van der Waals surface area contributed by atoms with Crippen molar-refractivity contribution in [1.82, 2.24) is 5.32 Å². The third-order valence-electron chi connectivity index (χ3n) is 3.40. The van der Waals surface area contributed by atoms with Crippen molar-refractivity contribution in [3.63, 3.8) is 0 Å². The molecule has 18 heavy (non-hydrogen) atoms. The zero-order valence-electron chi connectivity index (χ0n) is 10.8. The Balaban J connectivity index is 2.35. The van der Waals surface area contributed by atoms with Crippen LogP contribution in [-0.4, -0.2) is 11.8 Å². The maximum absolute atomic E-state index is 13.8. The summed E-state index contributed by atoms with van der Waals surface area (Å²) >= 11 is 1.72. The van der Waals surface area contributed by atoms with Gasteiger partial charge in [0.25, 0.3) is 0 Å². The van der Waals surface area contributed by atoms with Crippen LogP contribution in [0.15, 0.2) is 12.1 Å². The summed E-state index contributed by atoms with van der Waals surface area (Å²) in [6.45, 7) is 5.15. The largest absolute Gasteiger partial charge is 0.309 e. The molecule has 2 rings (SSSR count). The number of fused-ring (bicyclic) bond motifs is 1. The minimum atomic E-state index is -0.737. The molecule has 0 bridgehead atoms. The Morgan fingerprint density at radius 2 is 2.11 bits per heavy atom. The van der Waals surface area contributed by atoms with Gasteiger partial charge < -0.3 is 5.32 Å². The molecule has 0 fully saturated rings. The first-order valence-electron chi connectivity index (χ1n) is 6.50. The Kier molecular flexibility index (Phi) is 4.62. The van der Waals surface area contributed by atoms with Gasteiger partial charge in [-0.15, -0.1) is 0 Å². The first-order valence-corrected chi connectivity index (χ1v) is 7.55. The third-order valence-corrected chi connectivity index (χ3v) is 4.89. The number of halogens is 2. The lowest BCUT2D eigenvalue weighted by Crippen LogP contribution is -2.34. The molecule has 4 heteroatoms. The highest BCUT2D eigenvalue weighted by atomic mass is 32.2. The van der Waals surface area contributed by atoms with E-state index in [1.165, 1.54) is 6.07 Å². The number of rotatable bonds is 4. The molecule has 2 atom stereocenters. The van der Waals surface area contributed by atoms with E-state index < -0.39 is 11.6 Å². The SMILES string of the molecule is CCCNC1c2ccc(F)c(F)c2CSC1CC. The van der Waals surface area contributed by atoms with Crippen molar-refractivity contribution in [3.8, 4) is 0 Å². The average Bonchev–Trinajstić information content (AvgIpc) is 2.40. The van der Waals surface area contributed by atoms with Crippen LogP contribution in [-0.2, 0) is 5.75 Å². The van der Waals surface area contributed by atoms with E-state index in [2.05, 4.69) is 19.2 Å². The maximum Gasteiger partial charge on any atom is 0.163 e. The van der Waals surface area contributed by atoms with E-state index in [4.69, 9.17) is 0 Å². The predicted octanol–water partition coefficient (Wildman–Crippen LogP) is 4.03. The maximum atomic E-state index is 13.8. The Morgan fingerprint density at radius 3 is 2.78 bits per heavy atom. The summed E-state index contributed by atoms with van der Waals surface area (Å²) in [4.78, 5) is 0. The van der Waals surface area contributed by atoms with E-state index in [0.29, 0.717) is 16.6 Å². The van der Waals surface area contributed by atoms with Gasteiger partial charge in [-0.25, -0.2) is 8.78 Å². The van der Waals surface area contributed by atoms with Gasteiger partial charge in [0, 0.05) is 22.6 Å². The predicted molar refractivity (Wildman–Crippen MR) is 72.8 cm³/mol. The van der Waals surface area contributed by atoms with Crippen molar-refractivity contribution in [2.24, 2.45) is 0 Å². The Labute approximate surface area is 111 Å². The number of benzene rings is 1. The highest BCUT2D eigenvalue weighted by molar-refractivity contribution is 7.99. The van der Waals surface area contributed by atoms with Crippen molar-refractivity contribution >= 4 is 11.8 Å². The minimum Gasteiger partial charge on any atom is -0.309 e. The van der Waals surface area contributed by atoms with Crippen molar-refractivity contribution in [2.75, 3.05) is 6.54 Å². The second-order valence-corrected chi connectivity index (χ2v) is 5.85. The van der Waals surface area contributed by atoms with Crippen LogP contribution in [0.2, 0.25) is 0 Å². The van der Waals surface area contributed by atoms with Crippen molar-refractivity contribution in [1.29, 1.82) is 0 Å². The summed E-state index contributed by atoms with van der Waals surface area (Å²) in [5, 5.41) is 3.90. The Morgan fingerprint density at radius 1 is 1.33 bits per heavy atom. The smallest absolute Gasteiger partial charge is 0.163 e. The molecule has 1 nitrogen and oxygen atoms in total. The lowest BCUT2D eigenvalue weighted by molar-refractivity contribution is 0.471. The van der Waals surface area contributed by atoms with Crippen LogP contribution >= 0.6 is 11.8 Å². The summed E-state index contributed by atoms with van der Waals surface area (Å²) in [5.74, 6) is -0.835. The number of hydrogen-bond acceptors (Lipinski definition) is 2. The molecular formula is C14H19F2NS. The Hall–Kier alpha value is -0.610. The second kappa shape index (κ2) is 6.02. The first-order chi connectivity index (χ1) is 8.69. The van der Waals surface area contributed by atoms with Crippen molar-refractivity contribution < 1.29 is 8.78 Å². The van der Waals surface area contributed by atoms with E-state index in [-0.39, 0.29) is 6.04 Å². The van der Waals surface area contributed by atoms with E-state index in [0.717, 1.165) is 24.9 Å². The van der Waals surface area contributed by atoms with Gasteiger partial charge in [0.1, 0.15) is 0 Å². The first kappa shape index (κ1) is 13.8. The fourth-order valence-electron chi connectivity index (χ4n) is 2.43. The molecule has 0 saturated carbocycles. The molecule has 0 spiro atoms. The Bertz CT molecular complexity index is 423. The number of thioether (sulfide) groups is 1. The second-order valence-electron chi connectivity index (χ2n) is 4.62. The lowest BCUT2D eigenvalue weighted by Gasteiger charge is -2.33. The molecule has 1 heterocycles. The van der Waals surface area contributed by atoms with Crippen LogP contribution in [0.3, 0.4) is 0 Å². The normalized spacial score (nSPS) is 22.9. The zero-order valence-corrected chi connectivity index (χ0v) is 11.6. The van der Waals surface area contributed by atoms with Gasteiger partial charge in [-0.05, 0) is 31.0 Å². The average molecular weight is 271 g/mol. The minimum absolute atomic E-state index is 0.138. The van der Waals surface area contributed by atoms with Gasteiger partial charge in [0.05, 0.1) is 0 Å². The molecule has 1 aromatic carbocycles. The summed E-state index contributed by atoms with van der Waals surface area (Å²) < 4.78 is 27.1. The van der Waals surface area contributed by atoms with Crippen molar-refractivity contribution in [2.45, 2.75) is 43.7 Å². The molecule has 0 radical (unpaired) electrons. The molecule has 1 aliphatic heterocycles. The fraction of sp³-hybridized carbons (Fsp3) is 0.571. The summed E-state index contributed by atoms with van der Waals surface area (Å²) in [6, 6.07) is 3.12. The van der Waals surface area contributed by atoms with E-state index in [1.807, 2.05) is 0 Å². The topological polar surface area (TPSA) is 12.0 Å². The third kappa shape index (κ3) is 2.54. The van der Waals surface area contributed by atoms with Gasteiger partial charge in [0.15, 0.2) is 11.6 Å². The quantitative estimate of drug-likeness (QED) is 0.887. The van der Waals surface area contributed by atoms with Crippen molar-refractivity contribution in [3.05, 3.63) is 34.9 Å². The lowest BCUT2D eigenvalue weighted by atomic mass is 9.96. The molecule has 1 aromatic rings. The molecule has 100 valence electrons. The molecule has 1 aliphatic rings. The molecule has 0 saturated heterocycles. The van der Waals surface area contributed by atoms with Crippen LogP contribution in [0.1, 0.15) is 43.9 Å². The molecule has 0 aliphatic carbocycles. The van der Waals surface area contributed by atoms with Gasteiger partial charge in [0.2, 0.25) is 0 Å². The van der Waals surface area contributed by atoms with Crippen LogP contribution < -0.4 is 5.32 Å². The highest BCUT2D eigenvalue weighted by Crippen LogP contribution is 2.40. The van der Waals surface area contributed by atoms with Crippen LogP contribution in [0.5, 0.6) is 0 Å². The van der Waals surface area contributed by atoms with E-state index in [1.54, 1.807) is 17.8 Å². The zero-order chi connectivity index (χ0) is 13.1. The molecule has 2 unspecified atom stereocenters. The molecule has 0 aromatic heterocycles. The standard InChI is InChI=1S/C14H19F2NS/c1-3-7-17-14-9-5-6-11(15)13(16)10(9)8-18-12(14)4-2/h5-6,12,14,17H,3-4,7-8H2,1-2H3. The molecule has 0 amide bonds. The summed E-state index contributed by atoms with van der Waals surface area (Å²) in [7, 11) is 0. The van der Waals surface area contributed by atoms with Crippen LogP contribution in [0, 0.1) is 11.6 Å². The fourth-order valence-corrected chi connectivity index (χ4v) is 3.77. The van der Waals surface area contributed by atoms with Gasteiger partial charge in [-0.2, -0.15) is 11.8 Å². The van der Waals surface area contributed by atoms with Crippen LogP contribution in [0.25, 0.3) is 0 Å². The monoisotopic (exact) mass is 271 g/mol. The molecular weight excluding hydrogens is 252 g/mol.